The highest BCUT2D eigenvalue weighted by molar-refractivity contribution is 5.98. The molecule has 0 unspecified atom stereocenters. The number of carbonyl (C=O) groups is 1. The lowest BCUT2D eigenvalue weighted by Gasteiger charge is -2.09. The van der Waals surface area contributed by atoms with E-state index in [4.69, 9.17) is 9.47 Å². The van der Waals surface area contributed by atoms with Crippen molar-refractivity contribution < 1.29 is 14.3 Å². The number of amides is 1. The first kappa shape index (κ1) is 20.2. The summed E-state index contributed by atoms with van der Waals surface area (Å²) in [4.78, 5) is 20.4. The van der Waals surface area contributed by atoms with E-state index < -0.39 is 0 Å². The number of aromatic nitrogens is 2. The van der Waals surface area contributed by atoms with E-state index in [0.717, 1.165) is 16.9 Å². The number of fused-ring (bicyclic) bond motifs is 1. The Bertz CT molecular complexity index is 1230. The maximum atomic E-state index is 12.5. The lowest BCUT2D eigenvalue weighted by molar-refractivity contribution is 0.0955. The van der Waals surface area contributed by atoms with Gasteiger partial charge in [-0.25, -0.2) is 10.4 Å². The van der Waals surface area contributed by atoms with Gasteiger partial charge in [0.05, 0.1) is 31.5 Å². The van der Waals surface area contributed by atoms with Gasteiger partial charge in [0.15, 0.2) is 11.5 Å². The second-order valence-corrected chi connectivity index (χ2v) is 6.86. The van der Waals surface area contributed by atoms with Crippen molar-refractivity contribution in [2.75, 3.05) is 14.2 Å². The number of rotatable bonds is 7. The van der Waals surface area contributed by atoms with Crippen molar-refractivity contribution in [3.05, 3.63) is 89.2 Å². The van der Waals surface area contributed by atoms with Gasteiger partial charge in [0.25, 0.3) is 5.91 Å². The summed E-state index contributed by atoms with van der Waals surface area (Å²) in [5, 5.41) is 4.06. The predicted molar refractivity (Wildman–Crippen MR) is 120 cm³/mol. The Morgan fingerprint density at radius 2 is 1.90 bits per heavy atom. The van der Waals surface area contributed by atoms with Crippen LogP contribution in [0.3, 0.4) is 0 Å². The van der Waals surface area contributed by atoms with E-state index in [2.05, 4.69) is 32.6 Å². The van der Waals surface area contributed by atoms with Gasteiger partial charge in [0, 0.05) is 17.5 Å². The van der Waals surface area contributed by atoms with Crippen molar-refractivity contribution in [2.45, 2.75) is 6.42 Å². The number of aromatic amines is 1. The van der Waals surface area contributed by atoms with Crippen LogP contribution in [-0.4, -0.2) is 36.3 Å². The SMILES string of the molecule is COc1cccc(/C=N\NC(=O)c2ccc3nc(Cc4ccccc4)[nH]c3c2)c1OC. The predicted octanol–water partition coefficient (Wildman–Crippen LogP) is 3.93. The zero-order valence-corrected chi connectivity index (χ0v) is 17.3. The van der Waals surface area contributed by atoms with Crippen LogP contribution in [0.25, 0.3) is 11.0 Å². The molecule has 0 saturated heterocycles. The Hall–Kier alpha value is -4.13. The Labute approximate surface area is 179 Å². The van der Waals surface area contributed by atoms with Gasteiger partial charge in [-0.1, -0.05) is 36.4 Å². The van der Waals surface area contributed by atoms with E-state index in [9.17, 15) is 4.79 Å². The molecule has 1 aromatic heterocycles. The summed E-state index contributed by atoms with van der Waals surface area (Å²) >= 11 is 0. The van der Waals surface area contributed by atoms with E-state index in [-0.39, 0.29) is 5.91 Å². The van der Waals surface area contributed by atoms with Gasteiger partial charge < -0.3 is 14.5 Å². The molecule has 0 fully saturated rings. The molecule has 0 aliphatic carbocycles. The molecule has 0 saturated carbocycles. The largest absolute Gasteiger partial charge is 0.493 e. The lowest BCUT2D eigenvalue weighted by atomic mass is 10.1. The van der Waals surface area contributed by atoms with Crippen LogP contribution in [0.15, 0.2) is 71.8 Å². The second-order valence-electron chi connectivity index (χ2n) is 6.86. The summed E-state index contributed by atoms with van der Waals surface area (Å²) in [5.41, 5.74) is 6.51. The number of benzene rings is 3. The number of para-hydroxylation sites is 1. The molecule has 0 aliphatic rings. The van der Waals surface area contributed by atoms with Crippen LogP contribution >= 0.6 is 0 Å². The minimum atomic E-state index is -0.320. The lowest BCUT2D eigenvalue weighted by Crippen LogP contribution is -2.17. The van der Waals surface area contributed by atoms with Gasteiger partial charge in [0.2, 0.25) is 0 Å². The number of carbonyl (C=O) groups excluding carboxylic acids is 1. The van der Waals surface area contributed by atoms with Crippen molar-refractivity contribution in [1.82, 2.24) is 15.4 Å². The normalized spacial score (nSPS) is 11.0. The van der Waals surface area contributed by atoms with Crippen molar-refractivity contribution in [1.29, 1.82) is 0 Å². The number of H-pyrrole nitrogens is 1. The molecule has 1 amide bonds. The van der Waals surface area contributed by atoms with Crippen LogP contribution in [0, 0.1) is 0 Å². The van der Waals surface area contributed by atoms with E-state index in [1.165, 1.54) is 11.8 Å². The first-order valence-electron chi connectivity index (χ1n) is 9.75. The summed E-state index contributed by atoms with van der Waals surface area (Å²) in [6, 6.07) is 20.9. The zero-order chi connectivity index (χ0) is 21.6. The van der Waals surface area contributed by atoms with E-state index in [0.29, 0.717) is 29.0 Å². The monoisotopic (exact) mass is 414 g/mol. The van der Waals surface area contributed by atoms with Gasteiger partial charge in [-0.3, -0.25) is 4.79 Å². The summed E-state index contributed by atoms with van der Waals surface area (Å²) in [7, 11) is 3.12. The van der Waals surface area contributed by atoms with Crippen molar-refractivity contribution in [3.8, 4) is 11.5 Å². The maximum absolute atomic E-state index is 12.5. The molecule has 31 heavy (non-hydrogen) atoms. The minimum Gasteiger partial charge on any atom is -0.493 e. The third kappa shape index (κ3) is 4.56. The van der Waals surface area contributed by atoms with Gasteiger partial charge in [0.1, 0.15) is 5.82 Å². The minimum absolute atomic E-state index is 0.320. The molecule has 7 heteroatoms. The van der Waals surface area contributed by atoms with Crippen molar-refractivity contribution in [3.63, 3.8) is 0 Å². The Kier molecular flexibility index (Phi) is 5.93. The zero-order valence-electron chi connectivity index (χ0n) is 17.3. The highest BCUT2D eigenvalue weighted by atomic mass is 16.5. The molecule has 0 spiro atoms. The molecule has 3 aromatic carbocycles. The topological polar surface area (TPSA) is 88.6 Å². The van der Waals surface area contributed by atoms with Gasteiger partial charge in [-0.2, -0.15) is 5.10 Å². The fourth-order valence-electron chi connectivity index (χ4n) is 3.32. The molecule has 0 radical (unpaired) electrons. The first-order chi connectivity index (χ1) is 15.2. The first-order valence-corrected chi connectivity index (χ1v) is 9.75. The molecule has 4 rings (SSSR count). The van der Waals surface area contributed by atoms with Crippen molar-refractivity contribution >= 4 is 23.2 Å². The number of methoxy groups -OCH3 is 2. The van der Waals surface area contributed by atoms with Crippen LogP contribution in [0.5, 0.6) is 11.5 Å². The third-order valence-corrected chi connectivity index (χ3v) is 4.81. The Balaban J connectivity index is 1.47. The van der Waals surface area contributed by atoms with Gasteiger partial charge in [-0.05, 0) is 35.9 Å². The van der Waals surface area contributed by atoms with Crippen LogP contribution in [-0.2, 0) is 6.42 Å². The molecular weight excluding hydrogens is 392 g/mol. The average molecular weight is 414 g/mol. The molecule has 0 atom stereocenters. The van der Waals surface area contributed by atoms with Crippen LogP contribution in [0.2, 0.25) is 0 Å². The number of nitrogens with zero attached hydrogens (tertiary/aromatic N) is 2. The standard InChI is InChI=1S/C24H22N4O3/c1-30-21-10-6-9-18(23(21)31-2)15-25-28-24(29)17-11-12-19-20(14-17)27-22(26-19)13-16-7-4-3-5-8-16/h3-12,14-15H,13H2,1-2H3,(H,26,27)(H,28,29)/b25-15-. The van der Waals surface area contributed by atoms with E-state index in [1.807, 2.05) is 36.4 Å². The molecule has 2 N–H and O–H groups in total. The fourth-order valence-corrected chi connectivity index (χ4v) is 3.32. The van der Waals surface area contributed by atoms with Crippen LogP contribution in [0.4, 0.5) is 0 Å². The molecule has 0 bridgehead atoms. The summed E-state index contributed by atoms with van der Waals surface area (Å²) in [6.07, 6.45) is 2.22. The van der Waals surface area contributed by atoms with Gasteiger partial charge in [-0.15, -0.1) is 0 Å². The Morgan fingerprint density at radius 3 is 2.68 bits per heavy atom. The highest BCUT2D eigenvalue weighted by Gasteiger charge is 2.10. The Morgan fingerprint density at radius 1 is 1.06 bits per heavy atom. The average Bonchev–Trinajstić information content (AvgIpc) is 3.20. The smallest absolute Gasteiger partial charge is 0.271 e. The number of hydrogen-bond acceptors (Lipinski definition) is 5. The summed E-state index contributed by atoms with van der Waals surface area (Å²) in [6.45, 7) is 0. The molecule has 1 heterocycles. The second kappa shape index (κ2) is 9.13. The quantitative estimate of drug-likeness (QED) is 0.354. The van der Waals surface area contributed by atoms with Crippen molar-refractivity contribution in [2.24, 2.45) is 5.10 Å². The highest BCUT2D eigenvalue weighted by Crippen LogP contribution is 2.29. The third-order valence-electron chi connectivity index (χ3n) is 4.81. The molecule has 4 aromatic rings. The number of hydrazone groups is 1. The van der Waals surface area contributed by atoms with Crippen LogP contribution < -0.4 is 14.9 Å². The summed E-state index contributed by atoms with van der Waals surface area (Å²) < 4.78 is 10.6. The van der Waals surface area contributed by atoms with Crippen LogP contribution in [0.1, 0.15) is 27.3 Å². The van der Waals surface area contributed by atoms with E-state index in [1.54, 1.807) is 32.4 Å². The van der Waals surface area contributed by atoms with Gasteiger partial charge >= 0.3 is 0 Å². The molecule has 0 aliphatic heterocycles. The molecule has 156 valence electrons. The molecular formula is C24H22N4O3. The summed E-state index contributed by atoms with van der Waals surface area (Å²) in [5.74, 6) is 1.67. The number of hydrogen-bond donors (Lipinski definition) is 2. The number of ether oxygens (including phenoxy) is 2. The number of imidazole rings is 1. The number of nitrogens with one attached hydrogen (secondary N) is 2. The maximum Gasteiger partial charge on any atom is 0.271 e. The fraction of sp³-hybridized carbons (Fsp3) is 0.125. The molecule has 7 nitrogen and oxygen atoms in total. The van der Waals surface area contributed by atoms with E-state index >= 15 is 0 Å².